The van der Waals surface area contributed by atoms with Crippen LogP contribution in [0.4, 0.5) is 5.69 Å². The van der Waals surface area contributed by atoms with Crippen LogP contribution in [0.25, 0.3) is 17.1 Å². The average Bonchev–Trinajstić information content (AvgIpc) is 3.12. The van der Waals surface area contributed by atoms with E-state index in [1.165, 1.54) is 17.4 Å². The molecule has 6 heteroatoms. The molecule has 3 rings (SSSR count). The van der Waals surface area contributed by atoms with E-state index in [4.69, 9.17) is 5.26 Å². The van der Waals surface area contributed by atoms with Crippen LogP contribution in [0.2, 0.25) is 0 Å². The molecule has 0 radical (unpaired) electrons. The predicted molar refractivity (Wildman–Crippen MR) is 107 cm³/mol. The molecule has 0 aliphatic heterocycles. The standard InChI is InChI=1S/C20H21N5S/c1-3-24(4-2)17-12-10-16(11-13-17)19-22-23-20(26-15-14-21)25(19)18-8-6-5-7-9-18/h5-13H,3-4,15H2,1-2H3. The first-order valence-electron chi connectivity index (χ1n) is 8.64. The van der Waals surface area contributed by atoms with E-state index in [0.29, 0.717) is 5.75 Å². The zero-order valence-corrected chi connectivity index (χ0v) is 15.8. The summed E-state index contributed by atoms with van der Waals surface area (Å²) in [5, 5.41) is 18.3. The van der Waals surface area contributed by atoms with Gasteiger partial charge in [-0.2, -0.15) is 5.26 Å². The average molecular weight is 363 g/mol. The van der Waals surface area contributed by atoms with Crippen LogP contribution in [-0.4, -0.2) is 33.6 Å². The zero-order valence-electron chi connectivity index (χ0n) is 15.0. The number of para-hydroxylation sites is 1. The van der Waals surface area contributed by atoms with Gasteiger partial charge in [-0.15, -0.1) is 10.2 Å². The highest BCUT2D eigenvalue weighted by Crippen LogP contribution is 2.29. The molecular weight excluding hydrogens is 342 g/mol. The molecule has 0 aliphatic carbocycles. The second kappa shape index (κ2) is 8.54. The molecule has 0 amide bonds. The van der Waals surface area contributed by atoms with E-state index in [2.05, 4.69) is 59.3 Å². The molecule has 0 fully saturated rings. The summed E-state index contributed by atoms with van der Waals surface area (Å²) in [4.78, 5) is 2.31. The topological polar surface area (TPSA) is 57.7 Å². The van der Waals surface area contributed by atoms with Gasteiger partial charge in [-0.3, -0.25) is 4.57 Å². The van der Waals surface area contributed by atoms with Crippen molar-refractivity contribution in [3.8, 4) is 23.1 Å². The minimum absolute atomic E-state index is 0.339. The Morgan fingerprint density at radius 3 is 2.31 bits per heavy atom. The smallest absolute Gasteiger partial charge is 0.197 e. The molecule has 132 valence electrons. The number of thioether (sulfide) groups is 1. The van der Waals surface area contributed by atoms with Gasteiger partial charge in [0.05, 0.1) is 11.8 Å². The fourth-order valence-corrected chi connectivity index (χ4v) is 3.48. The third kappa shape index (κ3) is 3.73. The summed E-state index contributed by atoms with van der Waals surface area (Å²) in [6.45, 7) is 6.26. The molecule has 0 aliphatic rings. The Morgan fingerprint density at radius 1 is 1.00 bits per heavy atom. The summed E-state index contributed by atoms with van der Waals surface area (Å²) in [5.74, 6) is 1.12. The molecule has 5 nitrogen and oxygen atoms in total. The molecule has 0 bridgehead atoms. The molecule has 0 saturated heterocycles. The quantitative estimate of drug-likeness (QED) is 0.583. The van der Waals surface area contributed by atoms with Gasteiger partial charge in [-0.1, -0.05) is 30.0 Å². The summed E-state index contributed by atoms with van der Waals surface area (Å²) in [6.07, 6.45) is 0. The van der Waals surface area contributed by atoms with Crippen LogP contribution in [0, 0.1) is 11.3 Å². The van der Waals surface area contributed by atoms with Crippen molar-refractivity contribution >= 4 is 17.4 Å². The van der Waals surface area contributed by atoms with E-state index >= 15 is 0 Å². The van der Waals surface area contributed by atoms with Crippen molar-refractivity contribution < 1.29 is 0 Å². The van der Waals surface area contributed by atoms with Crippen LogP contribution in [0.3, 0.4) is 0 Å². The Kier molecular flexibility index (Phi) is 5.92. The van der Waals surface area contributed by atoms with Crippen LogP contribution in [-0.2, 0) is 0 Å². The van der Waals surface area contributed by atoms with Gasteiger partial charge in [0.15, 0.2) is 11.0 Å². The number of anilines is 1. The summed E-state index contributed by atoms with van der Waals surface area (Å²) < 4.78 is 2.01. The summed E-state index contributed by atoms with van der Waals surface area (Å²) in [5.41, 5.74) is 3.19. The number of rotatable bonds is 7. The minimum atomic E-state index is 0.339. The van der Waals surface area contributed by atoms with E-state index in [0.717, 1.165) is 35.3 Å². The monoisotopic (exact) mass is 363 g/mol. The predicted octanol–water partition coefficient (Wildman–Crippen LogP) is 4.40. The van der Waals surface area contributed by atoms with Gasteiger partial charge in [-0.25, -0.2) is 0 Å². The van der Waals surface area contributed by atoms with E-state index in [9.17, 15) is 0 Å². The lowest BCUT2D eigenvalue weighted by atomic mass is 10.1. The highest BCUT2D eigenvalue weighted by molar-refractivity contribution is 7.99. The first-order valence-corrected chi connectivity index (χ1v) is 9.63. The maximum absolute atomic E-state index is 8.91. The fraction of sp³-hybridized carbons (Fsp3) is 0.250. The van der Waals surface area contributed by atoms with Crippen molar-refractivity contribution in [1.29, 1.82) is 5.26 Å². The fourth-order valence-electron chi connectivity index (χ4n) is 2.87. The third-order valence-corrected chi connectivity index (χ3v) is 4.96. The second-order valence-corrected chi connectivity index (χ2v) is 6.59. The van der Waals surface area contributed by atoms with Crippen molar-refractivity contribution in [2.24, 2.45) is 0 Å². The van der Waals surface area contributed by atoms with E-state index < -0.39 is 0 Å². The van der Waals surface area contributed by atoms with Crippen LogP contribution < -0.4 is 4.90 Å². The van der Waals surface area contributed by atoms with Crippen LogP contribution in [0.5, 0.6) is 0 Å². The minimum Gasteiger partial charge on any atom is -0.372 e. The van der Waals surface area contributed by atoms with Crippen molar-refractivity contribution in [3.05, 3.63) is 54.6 Å². The Labute approximate surface area is 158 Å². The number of nitrogens with zero attached hydrogens (tertiary/aromatic N) is 5. The van der Waals surface area contributed by atoms with Gasteiger partial charge in [0.2, 0.25) is 0 Å². The van der Waals surface area contributed by atoms with Gasteiger partial charge in [0.25, 0.3) is 0 Å². The maximum atomic E-state index is 8.91. The Morgan fingerprint density at radius 2 is 1.69 bits per heavy atom. The molecule has 1 aromatic heterocycles. The Bertz CT molecular complexity index is 877. The Hall–Kier alpha value is -2.78. The molecule has 0 N–H and O–H groups in total. The molecule has 0 saturated carbocycles. The lowest BCUT2D eigenvalue weighted by Crippen LogP contribution is -2.21. The molecule has 0 atom stereocenters. The lowest BCUT2D eigenvalue weighted by Gasteiger charge is -2.21. The summed E-state index contributed by atoms with van der Waals surface area (Å²) >= 11 is 1.39. The second-order valence-electron chi connectivity index (χ2n) is 5.64. The zero-order chi connectivity index (χ0) is 18.4. The number of benzene rings is 2. The third-order valence-electron chi connectivity index (χ3n) is 4.17. The van der Waals surface area contributed by atoms with Gasteiger partial charge in [0, 0.05) is 30.0 Å². The first-order chi connectivity index (χ1) is 12.8. The molecule has 3 aromatic rings. The van der Waals surface area contributed by atoms with E-state index in [1.54, 1.807) is 0 Å². The van der Waals surface area contributed by atoms with Gasteiger partial charge in [0.1, 0.15) is 0 Å². The number of hydrogen-bond acceptors (Lipinski definition) is 5. The van der Waals surface area contributed by atoms with Crippen molar-refractivity contribution in [3.63, 3.8) is 0 Å². The molecule has 0 unspecified atom stereocenters. The van der Waals surface area contributed by atoms with Crippen molar-refractivity contribution in [2.75, 3.05) is 23.7 Å². The van der Waals surface area contributed by atoms with Crippen LogP contribution >= 0.6 is 11.8 Å². The molecule has 2 aromatic carbocycles. The lowest BCUT2D eigenvalue weighted by molar-refractivity contribution is 0.866. The van der Waals surface area contributed by atoms with E-state index in [1.807, 2.05) is 34.9 Å². The van der Waals surface area contributed by atoms with E-state index in [-0.39, 0.29) is 0 Å². The number of aromatic nitrogens is 3. The highest BCUT2D eigenvalue weighted by Gasteiger charge is 2.16. The SMILES string of the molecule is CCN(CC)c1ccc(-c2nnc(SCC#N)n2-c2ccccc2)cc1. The molecular formula is C20H21N5S. The highest BCUT2D eigenvalue weighted by atomic mass is 32.2. The molecule has 1 heterocycles. The number of hydrogen-bond donors (Lipinski definition) is 0. The molecule has 26 heavy (non-hydrogen) atoms. The van der Waals surface area contributed by atoms with Gasteiger partial charge in [-0.05, 0) is 50.2 Å². The maximum Gasteiger partial charge on any atom is 0.197 e. The van der Waals surface area contributed by atoms with Crippen molar-refractivity contribution in [1.82, 2.24) is 14.8 Å². The Balaban J connectivity index is 2.02. The first kappa shape index (κ1) is 18.0. The van der Waals surface area contributed by atoms with Crippen LogP contribution in [0.1, 0.15) is 13.8 Å². The largest absolute Gasteiger partial charge is 0.372 e. The normalized spacial score (nSPS) is 10.5. The van der Waals surface area contributed by atoms with Gasteiger partial charge >= 0.3 is 0 Å². The summed E-state index contributed by atoms with van der Waals surface area (Å²) in [7, 11) is 0. The van der Waals surface area contributed by atoms with Gasteiger partial charge < -0.3 is 4.90 Å². The van der Waals surface area contributed by atoms with Crippen LogP contribution in [0.15, 0.2) is 59.8 Å². The molecule has 0 spiro atoms. The van der Waals surface area contributed by atoms with Crippen molar-refractivity contribution in [2.45, 2.75) is 19.0 Å². The number of nitriles is 1. The summed E-state index contributed by atoms with van der Waals surface area (Å²) in [6, 6.07) is 20.5.